The highest BCUT2D eigenvalue weighted by molar-refractivity contribution is 7.80. The molecule has 0 aromatic rings. The number of hydrogen-bond donors (Lipinski definition) is 2. The summed E-state index contributed by atoms with van der Waals surface area (Å²) in [7, 11) is 0. The molecule has 2 amide bonds. The Balaban J connectivity index is 3.12. The van der Waals surface area contributed by atoms with Gasteiger partial charge in [-0.25, -0.2) is 0 Å². The van der Waals surface area contributed by atoms with Crippen molar-refractivity contribution in [3.63, 3.8) is 0 Å². The molecule has 0 spiro atoms. The first-order chi connectivity index (χ1) is 8.48. The van der Waals surface area contributed by atoms with E-state index in [1.165, 1.54) is 0 Å². The number of carbonyl (C=O) groups is 2. The van der Waals surface area contributed by atoms with Gasteiger partial charge in [-0.3, -0.25) is 9.59 Å². The van der Waals surface area contributed by atoms with Gasteiger partial charge in [-0.1, -0.05) is 32.4 Å². The summed E-state index contributed by atoms with van der Waals surface area (Å²) < 4.78 is 0. The van der Waals surface area contributed by atoms with Gasteiger partial charge in [-0.15, -0.1) is 0 Å². The number of rotatable bonds is 5. The van der Waals surface area contributed by atoms with Crippen molar-refractivity contribution < 1.29 is 9.59 Å². The van der Waals surface area contributed by atoms with E-state index < -0.39 is 5.41 Å². The molecule has 0 aliphatic carbocycles. The number of carbonyl (C=O) groups excluding carboxylic acids is 2. The molecule has 0 bridgehead atoms. The smallest absolute Gasteiger partial charge is 0.242 e. The number of allylic oxidation sites excluding steroid dienone is 2. The highest BCUT2D eigenvalue weighted by Gasteiger charge is 2.51. The maximum absolute atomic E-state index is 12.3. The fourth-order valence-electron chi connectivity index (χ4n) is 2.38. The Hall–Kier alpha value is -1.23. The molecule has 2 N–H and O–H groups in total. The van der Waals surface area contributed by atoms with E-state index in [1.807, 2.05) is 32.9 Å². The third-order valence-electron chi connectivity index (χ3n) is 3.50. The fourth-order valence-corrected chi connectivity index (χ4v) is 2.57. The number of nitrogens with one attached hydrogen (secondary N) is 2. The van der Waals surface area contributed by atoms with Gasteiger partial charge in [0.1, 0.15) is 5.41 Å². The van der Waals surface area contributed by atoms with Crippen LogP contribution in [0, 0.1) is 11.3 Å². The Morgan fingerprint density at radius 2 is 1.89 bits per heavy atom. The summed E-state index contributed by atoms with van der Waals surface area (Å²) in [5.74, 6) is -0.590. The summed E-state index contributed by atoms with van der Waals surface area (Å²) in [5, 5.41) is 5.25. The first-order valence-electron chi connectivity index (χ1n) is 6.27. The van der Waals surface area contributed by atoms with E-state index in [1.54, 1.807) is 0 Å². The molecule has 1 fully saturated rings. The topological polar surface area (TPSA) is 58.2 Å². The first-order valence-corrected chi connectivity index (χ1v) is 6.67. The molecule has 18 heavy (non-hydrogen) atoms. The summed E-state index contributed by atoms with van der Waals surface area (Å²) in [5.41, 5.74) is -1.04. The van der Waals surface area contributed by atoms with Gasteiger partial charge in [0.05, 0.1) is 0 Å². The Morgan fingerprint density at radius 3 is 2.33 bits per heavy atom. The van der Waals surface area contributed by atoms with Crippen LogP contribution in [0.25, 0.3) is 0 Å². The van der Waals surface area contributed by atoms with Crippen LogP contribution in [0.4, 0.5) is 0 Å². The molecule has 1 saturated heterocycles. The van der Waals surface area contributed by atoms with E-state index in [0.717, 1.165) is 12.8 Å². The highest BCUT2D eigenvalue weighted by Crippen LogP contribution is 2.37. The summed E-state index contributed by atoms with van der Waals surface area (Å²) in [6.45, 7) is 5.87. The van der Waals surface area contributed by atoms with E-state index in [2.05, 4.69) is 10.6 Å². The molecule has 1 atom stereocenters. The molecule has 0 saturated carbocycles. The van der Waals surface area contributed by atoms with Crippen molar-refractivity contribution in [3.8, 4) is 0 Å². The van der Waals surface area contributed by atoms with Gasteiger partial charge in [0, 0.05) is 0 Å². The van der Waals surface area contributed by atoms with Crippen LogP contribution < -0.4 is 10.6 Å². The van der Waals surface area contributed by atoms with Crippen LogP contribution in [-0.4, -0.2) is 16.9 Å². The van der Waals surface area contributed by atoms with Gasteiger partial charge in [-0.2, -0.15) is 0 Å². The zero-order valence-electron chi connectivity index (χ0n) is 11.1. The van der Waals surface area contributed by atoms with Crippen LogP contribution in [0.1, 0.15) is 40.0 Å². The monoisotopic (exact) mass is 268 g/mol. The molecule has 1 aliphatic rings. The minimum Gasteiger partial charge on any atom is -0.302 e. The van der Waals surface area contributed by atoms with Gasteiger partial charge >= 0.3 is 0 Å². The normalized spacial score (nSPS) is 20.7. The molecule has 5 heteroatoms. The van der Waals surface area contributed by atoms with Crippen LogP contribution in [0.2, 0.25) is 0 Å². The molecule has 1 heterocycles. The Morgan fingerprint density at radius 1 is 1.33 bits per heavy atom. The Labute approximate surface area is 113 Å². The SMILES string of the molecule is CC=CCC1(C(C)CCC)C(=O)NC(=S)NC1=O. The predicted octanol–water partition coefficient (Wildman–Crippen LogP) is 1.91. The lowest BCUT2D eigenvalue weighted by Crippen LogP contribution is -2.64. The highest BCUT2D eigenvalue weighted by atomic mass is 32.1. The standard InChI is InChI=1S/C13H20N2O2S/c1-4-6-8-13(9(3)7-5-2)10(16)14-12(18)15-11(13)17/h4,6,9H,5,7-8H2,1-3H3,(H2,14,15,16,17,18). The molecule has 1 rings (SSSR count). The third kappa shape index (κ3) is 2.61. The maximum Gasteiger partial charge on any atom is 0.242 e. The van der Waals surface area contributed by atoms with Crippen molar-refractivity contribution in [1.29, 1.82) is 0 Å². The zero-order valence-corrected chi connectivity index (χ0v) is 11.9. The first kappa shape index (κ1) is 14.8. The van der Waals surface area contributed by atoms with E-state index in [4.69, 9.17) is 12.2 Å². The van der Waals surface area contributed by atoms with Crippen molar-refractivity contribution in [2.75, 3.05) is 0 Å². The van der Waals surface area contributed by atoms with Crippen LogP contribution in [-0.2, 0) is 9.59 Å². The molecule has 1 aliphatic heterocycles. The molecular weight excluding hydrogens is 248 g/mol. The van der Waals surface area contributed by atoms with Crippen molar-refractivity contribution in [2.45, 2.75) is 40.0 Å². The molecule has 1 unspecified atom stereocenters. The van der Waals surface area contributed by atoms with Crippen molar-refractivity contribution in [3.05, 3.63) is 12.2 Å². The number of amides is 2. The lowest BCUT2D eigenvalue weighted by molar-refractivity contribution is -0.147. The third-order valence-corrected chi connectivity index (χ3v) is 3.71. The van der Waals surface area contributed by atoms with Gasteiger partial charge in [0.2, 0.25) is 11.8 Å². The summed E-state index contributed by atoms with van der Waals surface area (Å²) in [6.07, 6.45) is 5.88. The minimum absolute atomic E-state index is 0.0261. The van der Waals surface area contributed by atoms with Crippen LogP contribution in [0.5, 0.6) is 0 Å². The quantitative estimate of drug-likeness (QED) is 0.455. The molecule has 100 valence electrons. The molecule has 0 radical (unpaired) electrons. The van der Waals surface area contributed by atoms with Gasteiger partial charge in [0.25, 0.3) is 0 Å². The van der Waals surface area contributed by atoms with Gasteiger partial charge in [-0.05, 0) is 37.9 Å². The largest absolute Gasteiger partial charge is 0.302 e. The van der Waals surface area contributed by atoms with Gasteiger partial charge < -0.3 is 10.6 Å². The summed E-state index contributed by atoms with van der Waals surface area (Å²) in [4.78, 5) is 24.5. The predicted molar refractivity (Wildman–Crippen MR) is 74.8 cm³/mol. The van der Waals surface area contributed by atoms with E-state index in [0.29, 0.717) is 6.42 Å². The Bertz CT molecular complexity index is 370. The Kier molecular flexibility index (Phi) is 5.02. The van der Waals surface area contributed by atoms with Crippen molar-refractivity contribution >= 4 is 29.1 Å². The average molecular weight is 268 g/mol. The molecule has 4 nitrogen and oxygen atoms in total. The zero-order chi connectivity index (χ0) is 13.8. The maximum atomic E-state index is 12.3. The summed E-state index contributed by atoms with van der Waals surface area (Å²) >= 11 is 4.84. The van der Waals surface area contributed by atoms with E-state index in [9.17, 15) is 9.59 Å². The van der Waals surface area contributed by atoms with Crippen LogP contribution in [0.3, 0.4) is 0 Å². The molecule has 0 aromatic heterocycles. The van der Waals surface area contributed by atoms with E-state index in [-0.39, 0.29) is 22.8 Å². The van der Waals surface area contributed by atoms with Crippen LogP contribution >= 0.6 is 12.2 Å². The summed E-state index contributed by atoms with van der Waals surface area (Å²) in [6, 6.07) is 0. The van der Waals surface area contributed by atoms with Crippen molar-refractivity contribution in [1.82, 2.24) is 10.6 Å². The lowest BCUT2D eigenvalue weighted by atomic mass is 9.69. The fraction of sp³-hybridized carbons (Fsp3) is 0.615. The van der Waals surface area contributed by atoms with E-state index >= 15 is 0 Å². The lowest BCUT2D eigenvalue weighted by Gasteiger charge is -2.38. The van der Waals surface area contributed by atoms with Crippen molar-refractivity contribution in [2.24, 2.45) is 11.3 Å². The van der Waals surface area contributed by atoms with Crippen LogP contribution in [0.15, 0.2) is 12.2 Å². The minimum atomic E-state index is -1.04. The second-order valence-electron chi connectivity index (χ2n) is 4.67. The second-order valence-corrected chi connectivity index (χ2v) is 5.08. The molecule has 0 aromatic carbocycles. The number of hydrogen-bond acceptors (Lipinski definition) is 3. The average Bonchev–Trinajstić information content (AvgIpc) is 2.28. The van der Waals surface area contributed by atoms with Gasteiger partial charge in [0.15, 0.2) is 5.11 Å². The number of thiocarbonyl (C=S) groups is 1. The molecular formula is C13H20N2O2S. The second kappa shape index (κ2) is 6.09.